The van der Waals surface area contributed by atoms with Crippen molar-refractivity contribution in [3.63, 3.8) is 0 Å². The number of methoxy groups -OCH3 is 1. The summed E-state index contributed by atoms with van der Waals surface area (Å²) in [6.07, 6.45) is 0. The van der Waals surface area contributed by atoms with Gasteiger partial charge in [-0.15, -0.1) is 0 Å². The van der Waals surface area contributed by atoms with Crippen LogP contribution in [0.1, 0.15) is 10.4 Å². The van der Waals surface area contributed by atoms with Crippen LogP contribution in [-0.4, -0.2) is 44.7 Å². The van der Waals surface area contributed by atoms with Gasteiger partial charge in [0.05, 0.1) is 12.0 Å². The zero-order valence-electron chi connectivity index (χ0n) is 16.7. The molecule has 0 unspecified atom stereocenters. The zero-order valence-corrected chi connectivity index (χ0v) is 17.5. The molecule has 0 atom stereocenters. The monoisotopic (exact) mass is 441 g/mol. The molecule has 1 aliphatic rings. The van der Waals surface area contributed by atoms with E-state index in [1.807, 2.05) is 0 Å². The molecule has 1 heterocycles. The van der Waals surface area contributed by atoms with E-state index in [2.05, 4.69) is 0 Å². The van der Waals surface area contributed by atoms with Gasteiger partial charge in [-0.05, 0) is 66.7 Å². The predicted molar refractivity (Wildman–Crippen MR) is 113 cm³/mol. The molecule has 0 radical (unpaired) electrons. The van der Waals surface area contributed by atoms with Crippen LogP contribution >= 0.6 is 0 Å². The summed E-state index contributed by atoms with van der Waals surface area (Å²) in [5.74, 6) is 0.812. The summed E-state index contributed by atoms with van der Waals surface area (Å²) in [5.41, 5.74) is 0.389. The maximum Gasteiger partial charge on any atom is 0.254 e. The first-order chi connectivity index (χ1) is 14.9. The summed E-state index contributed by atoms with van der Waals surface area (Å²) >= 11 is 0. The minimum absolute atomic E-state index is 0.121. The molecule has 1 aliphatic heterocycles. The molecule has 0 bridgehead atoms. The third-order valence-electron chi connectivity index (χ3n) is 5.09. The maximum atomic E-state index is 13.0. The van der Waals surface area contributed by atoms with Crippen LogP contribution in [0, 0.1) is 5.82 Å². The van der Waals surface area contributed by atoms with E-state index in [0.717, 1.165) is 0 Å². The highest BCUT2D eigenvalue weighted by molar-refractivity contribution is 7.92. The summed E-state index contributed by atoms with van der Waals surface area (Å²) in [5, 5.41) is -0.650. The first kappa shape index (κ1) is 20.9. The molecule has 1 fully saturated rings. The summed E-state index contributed by atoms with van der Waals surface area (Å²) in [6, 6.07) is 18.4. The Kier molecular flexibility index (Phi) is 5.65. The third-order valence-corrected chi connectivity index (χ3v) is 7.20. The van der Waals surface area contributed by atoms with Gasteiger partial charge >= 0.3 is 0 Å². The Morgan fingerprint density at radius 3 is 2.23 bits per heavy atom. The lowest BCUT2D eigenvalue weighted by molar-refractivity contribution is 0.0658. The van der Waals surface area contributed by atoms with Crippen LogP contribution < -0.4 is 9.47 Å². The largest absolute Gasteiger partial charge is 0.497 e. The van der Waals surface area contributed by atoms with Crippen LogP contribution in [0.2, 0.25) is 0 Å². The van der Waals surface area contributed by atoms with Gasteiger partial charge in [-0.1, -0.05) is 6.07 Å². The van der Waals surface area contributed by atoms with Gasteiger partial charge in [0.2, 0.25) is 0 Å². The fraction of sp³-hybridized carbons (Fsp3) is 0.174. The lowest BCUT2D eigenvalue weighted by Crippen LogP contribution is -2.56. The second kappa shape index (κ2) is 8.39. The number of carbonyl (C=O) groups excluding carboxylic acids is 1. The summed E-state index contributed by atoms with van der Waals surface area (Å²) in [4.78, 5) is 14.5. The maximum absolute atomic E-state index is 13.0. The number of ether oxygens (including phenoxy) is 2. The highest BCUT2D eigenvalue weighted by Gasteiger charge is 2.40. The first-order valence-electron chi connectivity index (χ1n) is 9.57. The molecule has 31 heavy (non-hydrogen) atoms. The Morgan fingerprint density at radius 1 is 0.935 bits per heavy atom. The van der Waals surface area contributed by atoms with E-state index < -0.39 is 15.1 Å². The molecular weight excluding hydrogens is 421 g/mol. The molecule has 3 aromatic rings. The van der Waals surface area contributed by atoms with Crippen molar-refractivity contribution in [2.24, 2.45) is 0 Å². The van der Waals surface area contributed by atoms with Gasteiger partial charge in [0.1, 0.15) is 28.3 Å². The molecule has 4 rings (SSSR count). The minimum Gasteiger partial charge on any atom is -0.497 e. The first-order valence-corrected chi connectivity index (χ1v) is 11.1. The average molecular weight is 441 g/mol. The average Bonchev–Trinajstić information content (AvgIpc) is 2.74. The smallest absolute Gasteiger partial charge is 0.254 e. The highest BCUT2D eigenvalue weighted by Crippen LogP contribution is 2.28. The van der Waals surface area contributed by atoms with Gasteiger partial charge in [-0.3, -0.25) is 4.79 Å². The Balaban J connectivity index is 1.41. The lowest BCUT2D eigenvalue weighted by Gasteiger charge is -2.38. The summed E-state index contributed by atoms with van der Waals surface area (Å²) in [7, 11) is -2.02. The number of carbonyl (C=O) groups is 1. The molecule has 1 amide bonds. The number of hydrogen-bond donors (Lipinski definition) is 0. The number of nitrogens with zero attached hydrogens (tertiary/aromatic N) is 1. The van der Waals surface area contributed by atoms with E-state index in [4.69, 9.17) is 9.47 Å². The normalized spacial score (nSPS) is 14.1. The Hall–Kier alpha value is -3.39. The van der Waals surface area contributed by atoms with Crippen LogP contribution in [-0.2, 0) is 9.84 Å². The van der Waals surface area contributed by atoms with Gasteiger partial charge in [-0.25, -0.2) is 12.8 Å². The van der Waals surface area contributed by atoms with Crippen molar-refractivity contribution >= 4 is 15.7 Å². The SMILES string of the molecule is COc1ccc(S(=O)(=O)C2CN(C(=O)c3cccc(Oc4ccc(F)cc4)c3)C2)cc1. The molecule has 0 spiro atoms. The molecule has 0 aromatic heterocycles. The van der Waals surface area contributed by atoms with Crippen LogP contribution in [0.25, 0.3) is 0 Å². The van der Waals surface area contributed by atoms with Crippen molar-refractivity contribution in [3.8, 4) is 17.2 Å². The molecule has 0 aliphatic carbocycles. The number of hydrogen-bond acceptors (Lipinski definition) is 5. The number of rotatable bonds is 6. The van der Waals surface area contributed by atoms with Gasteiger partial charge in [0, 0.05) is 18.7 Å². The fourth-order valence-corrected chi connectivity index (χ4v) is 4.92. The van der Waals surface area contributed by atoms with E-state index in [0.29, 0.717) is 22.8 Å². The minimum atomic E-state index is -3.53. The summed E-state index contributed by atoms with van der Waals surface area (Å²) in [6.45, 7) is 0.243. The predicted octanol–water partition coefficient (Wildman–Crippen LogP) is 3.92. The van der Waals surface area contributed by atoms with Crippen molar-refractivity contribution in [2.45, 2.75) is 10.1 Å². The van der Waals surface area contributed by atoms with Gasteiger partial charge < -0.3 is 14.4 Å². The third kappa shape index (κ3) is 4.39. The Labute approximate surface area is 179 Å². The second-order valence-corrected chi connectivity index (χ2v) is 9.36. The van der Waals surface area contributed by atoms with Crippen LogP contribution in [0.5, 0.6) is 17.2 Å². The molecule has 160 valence electrons. The highest BCUT2D eigenvalue weighted by atomic mass is 32.2. The van der Waals surface area contributed by atoms with Gasteiger partial charge in [-0.2, -0.15) is 0 Å². The molecule has 1 saturated heterocycles. The number of benzene rings is 3. The van der Waals surface area contributed by atoms with Gasteiger partial charge in [0.25, 0.3) is 5.91 Å². The molecular formula is C23H20FNO5S. The molecule has 0 saturated carbocycles. The number of likely N-dealkylation sites (tertiary alicyclic amines) is 1. The van der Waals surface area contributed by atoms with E-state index in [1.54, 1.807) is 36.4 Å². The topological polar surface area (TPSA) is 72.9 Å². The Morgan fingerprint density at radius 2 is 1.58 bits per heavy atom. The van der Waals surface area contributed by atoms with Crippen molar-refractivity contribution in [2.75, 3.05) is 20.2 Å². The van der Waals surface area contributed by atoms with E-state index in [9.17, 15) is 17.6 Å². The van der Waals surface area contributed by atoms with E-state index in [-0.39, 0.29) is 29.7 Å². The Bertz CT molecular complexity index is 1190. The van der Waals surface area contributed by atoms with Gasteiger partial charge in [0.15, 0.2) is 9.84 Å². The number of sulfone groups is 1. The van der Waals surface area contributed by atoms with Crippen LogP contribution in [0.3, 0.4) is 0 Å². The van der Waals surface area contributed by atoms with Crippen molar-refractivity contribution < 1.29 is 27.1 Å². The number of amides is 1. The quantitative estimate of drug-likeness (QED) is 0.580. The zero-order chi connectivity index (χ0) is 22.0. The fourth-order valence-electron chi connectivity index (χ4n) is 3.27. The second-order valence-electron chi connectivity index (χ2n) is 7.14. The van der Waals surface area contributed by atoms with E-state index >= 15 is 0 Å². The van der Waals surface area contributed by atoms with E-state index in [1.165, 1.54) is 48.4 Å². The number of halogens is 1. The van der Waals surface area contributed by atoms with Crippen LogP contribution in [0.4, 0.5) is 4.39 Å². The van der Waals surface area contributed by atoms with Crippen molar-refractivity contribution in [1.29, 1.82) is 0 Å². The molecule has 6 nitrogen and oxygen atoms in total. The lowest BCUT2D eigenvalue weighted by atomic mass is 10.1. The van der Waals surface area contributed by atoms with Crippen LogP contribution in [0.15, 0.2) is 77.7 Å². The van der Waals surface area contributed by atoms with Crippen molar-refractivity contribution in [1.82, 2.24) is 4.90 Å². The molecule has 8 heteroatoms. The molecule has 3 aromatic carbocycles. The molecule has 0 N–H and O–H groups in total. The van der Waals surface area contributed by atoms with Crippen molar-refractivity contribution in [3.05, 3.63) is 84.2 Å². The summed E-state index contributed by atoms with van der Waals surface area (Å²) < 4.78 is 49.3. The standard InChI is InChI=1S/C23H20FNO5S/c1-29-18-9-11-21(12-10-18)31(27,28)22-14-25(15-22)23(26)16-3-2-4-20(13-16)30-19-7-5-17(24)6-8-19/h2-13,22H,14-15H2,1H3.